The molecule has 0 spiro atoms. The molecular formula is C19H19F3O3S. The lowest BCUT2D eigenvalue weighted by Crippen LogP contribution is -2.10. The van der Waals surface area contributed by atoms with Gasteiger partial charge >= 0.3 is 5.97 Å². The Labute approximate surface area is 155 Å². The lowest BCUT2D eigenvalue weighted by molar-refractivity contribution is -0.134. The van der Waals surface area contributed by atoms with Crippen LogP contribution in [0.4, 0.5) is 13.2 Å². The van der Waals surface area contributed by atoms with E-state index in [0.717, 1.165) is 17.7 Å². The molecule has 0 N–H and O–H groups in total. The number of hydrogen-bond donors (Lipinski definition) is 1. The molecule has 0 aliphatic carbocycles. The second-order valence-corrected chi connectivity index (χ2v) is 5.92. The maximum Gasteiger partial charge on any atom is 0.310 e. The van der Waals surface area contributed by atoms with Crippen molar-refractivity contribution >= 4 is 18.6 Å². The molecular weight excluding hydrogens is 365 g/mol. The number of alkyl halides is 2. The van der Waals surface area contributed by atoms with Crippen molar-refractivity contribution < 1.29 is 27.4 Å². The first-order valence-corrected chi connectivity index (χ1v) is 8.63. The van der Waals surface area contributed by atoms with Gasteiger partial charge in [-0.05, 0) is 30.2 Å². The Morgan fingerprint density at radius 2 is 1.96 bits per heavy atom. The molecule has 0 aliphatic rings. The molecule has 2 aromatic carbocycles. The molecule has 0 saturated heterocycles. The van der Waals surface area contributed by atoms with Crippen LogP contribution in [0.25, 0.3) is 0 Å². The molecule has 2 rings (SSSR count). The third-order valence-corrected chi connectivity index (χ3v) is 4.15. The van der Waals surface area contributed by atoms with E-state index in [4.69, 9.17) is 9.47 Å². The Hall–Kier alpha value is -2.15. The zero-order valence-electron chi connectivity index (χ0n) is 14.4. The normalized spacial score (nSPS) is 10.9. The van der Waals surface area contributed by atoms with Gasteiger partial charge < -0.3 is 9.47 Å². The summed E-state index contributed by atoms with van der Waals surface area (Å²) in [5, 5.41) is 0. The van der Waals surface area contributed by atoms with Crippen LogP contribution in [0.1, 0.15) is 42.0 Å². The maximum atomic E-state index is 13.8. The summed E-state index contributed by atoms with van der Waals surface area (Å²) in [6.07, 6.45) is -2.62. The number of esters is 1. The van der Waals surface area contributed by atoms with Crippen molar-refractivity contribution in [1.82, 2.24) is 0 Å². The summed E-state index contributed by atoms with van der Waals surface area (Å²) in [5.74, 6) is -0.707. The Balaban J connectivity index is 2.35. The van der Waals surface area contributed by atoms with Crippen molar-refractivity contribution in [2.45, 2.75) is 39.1 Å². The fourth-order valence-electron chi connectivity index (χ4n) is 2.34. The number of aryl methyl sites for hydroxylation is 1. The zero-order chi connectivity index (χ0) is 19.3. The van der Waals surface area contributed by atoms with Crippen molar-refractivity contribution in [3.8, 4) is 11.5 Å². The first kappa shape index (κ1) is 20.2. The van der Waals surface area contributed by atoms with Crippen molar-refractivity contribution in [2.75, 3.05) is 0 Å². The number of halogens is 3. The minimum Gasteiger partial charge on any atom is -0.488 e. The van der Waals surface area contributed by atoms with Gasteiger partial charge in [-0.2, -0.15) is 12.6 Å². The molecule has 0 heterocycles. The van der Waals surface area contributed by atoms with E-state index in [1.807, 2.05) is 0 Å². The lowest BCUT2D eigenvalue weighted by Gasteiger charge is -2.16. The Kier molecular flexibility index (Phi) is 6.97. The number of thiol groups is 1. The highest BCUT2D eigenvalue weighted by Gasteiger charge is 2.19. The van der Waals surface area contributed by atoms with Crippen LogP contribution in [0.15, 0.2) is 30.3 Å². The first-order valence-electron chi connectivity index (χ1n) is 8.00. The van der Waals surface area contributed by atoms with Crippen LogP contribution in [0.5, 0.6) is 11.5 Å². The summed E-state index contributed by atoms with van der Waals surface area (Å²) < 4.78 is 51.0. The van der Waals surface area contributed by atoms with Crippen LogP contribution in [0.3, 0.4) is 0 Å². The molecule has 7 heteroatoms. The molecule has 26 heavy (non-hydrogen) atoms. The van der Waals surface area contributed by atoms with Crippen molar-refractivity contribution in [1.29, 1.82) is 0 Å². The van der Waals surface area contributed by atoms with Gasteiger partial charge in [0, 0.05) is 23.8 Å². The molecule has 0 fully saturated rings. The van der Waals surface area contributed by atoms with Crippen LogP contribution in [-0.2, 0) is 17.2 Å². The Morgan fingerprint density at radius 1 is 1.23 bits per heavy atom. The smallest absolute Gasteiger partial charge is 0.310 e. The summed E-state index contributed by atoms with van der Waals surface area (Å²) >= 11 is 4.23. The third-order valence-electron chi connectivity index (χ3n) is 3.81. The van der Waals surface area contributed by atoms with Gasteiger partial charge in [-0.15, -0.1) is 0 Å². The number of carbonyl (C=O) groups excluding carboxylic acids is 1. The van der Waals surface area contributed by atoms with E-state index in [1.54, 1.807) is 25.1 Å². The third kappa shape index (κ3) is 4.72. The molecule has 3 nitrogen and oxygen atoms in total. The quantitative estimate of drug-likeness (QED) is 0.395. The predicted molar refractivity (Wildman–Crippen MR) is 95.5 cm³/mol. The fourth-order valence-corrected chi connectivity index (χ4v) is 2.64. The molecule has 0 aromatic heterocycles. The molecule has 0 atom stereocenters. The summed E-state index contributed by atoms with van der Waals surface area (Å²) in [6.45, 7) is 2.90. The SMILES string of the molecule is CCC(=O)Oc1cccc(CS)c1COc1cc(F)c(C)cc1C(F)F. The van der Waals surface area contributed by atoms with Crippen LogP contribution in [-0.4, -0.2) is 5.97 Å². The Bertz CT molecular complexity index is 794. The second kappa shape index (κ2) is 8.98. The minimum atomic E-state index is -2.80. The van der Waals surface area contributed by atoms with Crippen LogP contribution in [0, 0.1) is 12.7 Å². The van der Waals surface area contributed by atoms with E-state index in [2.05, 4.69) is 12.6 Å². The van der Waals surface area contributed by atoms with Gasteiger partial charge in [-0.25, -0.2) is 13.2 Å². The average Bonchev–Trinajstić information content (AvgIpc) is 2.62. The van der Waals surface area contributed by atoms with Gasteiger partial charge in [0.15, 0.2) is 0 Å². The monoisotopic (exact) mass is 384 g/mol. The van der Waals surface area contributed by atoms with Crippen LogP contribution < -0.4 is 9.47 Å². The van der Waals surface area contributed by atoms with Gasteiger partial charge in [0.05, 0.1) is 5.56 Å². The van der Waals surface area contributed by atoms with Gasteiger partial charge in [0.2, 0.25) is 0 Å². The van der Waals surface area contributed by atoms with Crippen molar-refractivity contribution in [2.24, 2.45) is 0 Å². The molecule has 140 valence electrons. The van der Waals surface area contributed by atoms with Crippen LogP contribution in [0.2, 0.25) is 0 Å². The van der Waals surface area contributed by atoms with E-state index < -0.39 is 18.2 Å². The first-order chi connectivity index (χ1) is 12.4. The lowest BCUT2D eigenvalue weighted by atomic mass is 10.1. The topological polar surface area (TPSA) is 35.5 Å². The van der Waals surface area contributed by atoms with Gasteiger partial charge in [0.25, 0.3) is 6.43 Å². The highest BCUT2D eigenvalue weighted by Crippen LogP contribution is 2.33. The zero-order valence-corrected chi connectivity index (χ0v) is 15.3. The molecule has 0 saturated carbocycles. The van der Waals surface area contributed by atoms with Gasteiger partial charge in [-0.3, -0.25) is 4.79 Å². The predicted octanol–water partition coefficient (Wildman–Crippen LogP) is 5.40. The van der Waals surface area contributed by atoms with Crippen molar-refractivity contribution in [3.63, 3.8) is 0 Å². The molecule has 2 aromatic rings. The molecule has 0 amide bonds. The molecule has 0 aliphatic heterocycles. The summed E-state index contributed by atoms with van der Waals surface area (Å²) in [4.78, 5) is 11.6. The van der Waals surface area contributed by atoms with Gasteiger partial charge in [-0.1, -0.05) is 19.1 Å². The standard InChI is InChI=1S/C19H19F3O3S/c1-3-18(23)25-16-6-4-5-12(10-26)14(16)9-24-17-8-15(20)11(2)7-13(17)19(21)22/h4-8,19,26H,3,9-10H2,1-2H3. The summed E-state index contributed by atoms with van der Waals surface area (Å²) in [6, 6.07) is 7.06. The maximum absolute atomic E-state index is 13.8. The summed E-state index contributed by atoms with van der Waals surface area (Å²) in [7, 11) is 0. The molecule has 0 bridgehead atoms. The highest BCUT2D eigenvalue weighted by atomic mass is 32.1. The van der Waals surface area contributed by atoms with E-state index >= 15 is 0 Å². The van der Waals surface area contributed by atoms with E-state index in [1.165, 1.54) is 6.92 Å². The van der Waals surface area contributed by atoms with E-state index in [9.17, 15) is 18.0 Å². The average molecular weight is 384 g/mol. The summed E-state index contributed by atoms with van der Waals surface area (Å²) in [5.41, 5.74) is 0.951. The largest absolute Gasteiger partial charge is 0.488 e. The number of benzene rings is 2. The van der Waals surface area contributed by atoms with Gasteiger partial charge in [0.1, 0.15) is 23.9 Å². The second-order valence-electron chi connectivity index (χ2n) is 5.61. The fraction of sp³-hybridized carbons (Fsp3) is 0.316. The van der Waals surface area contributed by atoms with E-state index in [0.29, 0.717) is 11.3 Å². The van der Waals surface area contributed by atoms with Crippen LogP contribution >= 0.6 is 12.6 Å². The number of hydrogen-bond acceptors (Lipinski definition) is 4. The highest BCUT2D eigenvalue weighted by molar-refractivity contribution is 7.79. The minimum absolute atomic E-state index is 0.112. The molecule has 0 radical (unpaired) electrons. The number of ether oxygens (including phenoxy) is 2. The Morgan fingerprint density at radius 3 is 2.58 bits per heavy atom. The number of carbonyl (C=O) groups is 1. The van der Waals surface area contributed by atoms with Crippen molar-refractivity contribution in [3.05, 3.63) is 58.4 Å². The number of rotatable bonds is 7. The molecule has 0 unspecified atom stereocenters. The van der Waals surface area contributed by atoms with E-state index in [-0.39, 0.29) is 35.7 Å².